The van der Waals surface area contributed by atoms with Crippen LogP contribution >= 0.6 is 0 Å². The normalized spacial score (nSPS) is 15.7. The molecule has 0 saturated heterocycles. The van der Waals surface area contributed by atoms with E-state index in [0.29, 0.717) is 0 Å². The second-order valence-electron chi connectivity index (χ2n) is 16.2. The van der Waals surface area contributed by atoms with Gasteiger partial charge in [0.2, 0.25) is 47.3 Å². The molecular formula is C39H65N9O17. The summed E-state index contributed by atoms with van der Waals surface area (Å²) in [6.07, 6.45) is -2.95. The lowest BCUT2D eigenvalue weighted by Crippen LogP contribution is -2.61. The number of aliphatic hydroxyl groups excluding tert-OH is 1. The highest BCUT2D eigenvalue weighted by Crippen LogP contribution is 2.11. The van der Waals surface area contributed by atoms with E-state index in [1.807, 2.05) is 5.32 Å². The number of rotatable bonds is 30. The molecule has 65 heavy (non-hydrogen) atoms. The summed E-state index contributed by atoms with van der Waals surface area (Å²) in [5.74, 6) is -15.8. The second-order valence-corrected chi connectivity index (χ2v) is 16.2. The van der Waals surface area contributed by atoms with Crippen molar-refractivity contribution in [3.63, 3.8) is 0 Å². The Morgan fingerprint density at radius 3 is 1.29 bits per heavy atom. The molecule has 0 radical (unpaired) electrons. The first-order chi connectivity index (χ1) is 30.1. The zero-order valence-electron chi connectivity index (χ0n) is 37.6. The Morgan fingerprint density at radius 2 is 0.877 bits per heavy atom. The standard InChI is InChI=1S/C39H65N9O17/c1-9-18(6)30(38(63)42-19(7)31(56)46-25(15-49)37(62)47-29(17(4)5)39(64)65)48-32(57)20(8)41-35(60)23(13-27(52)53)45-36(61)24(14-28(54)55)44-34(59)22(10-11-26(50)51)43-33(58)21(40)12-16(2)3/h16-25,29-30,49H,9-15,40H2,1-8H3,(H,41,60)(H,42,63)(H,43,58)(H,44,59)(H,45,61)(H,46,56)(H,47,62)(H,48,57)(H,50,51)(H,52,53)(H,54,55)(H,64,65)/t18-,19-,20-,21-,22-,23-,24-,25-,29-,30-/m0/s1. The summed E-state index contributed by atoms with van der Waals surface area (Å²) < 4.78 is 0. The predicted molar refractivity (Wildman–Crippen MR) is 225 cm³/mol. The molecule has 0 aromatic heterocycles. The van der Waals surface area contributed by atoms with Crippen LogP contribution in [0.5, 0.6) is 0 Å². The highest BCUT2D eigenvalue weighted by molar-refractivity contribution is 5.99. The van der Waals surface area contributed by atoms with Gasteiger partial charge in [0, 0.05) is 6.42 Å². The molecule has 0 heterocycles. The van der Waals surface area contributed by atoms with Crippen molar-refractivity contribution in [2.75, 3.05) is 6.61 Å². The molecule has 0 aliphatic carbocycles. The van der Waals surface area contributed by atoms with E-state index in [1.54, 1.807) is 27.7 Å². The summed E-state index contributed by atoms with van der Waals surface area (Å²) in [5.41, 5.74) is 5.87. The van der Waals surface area contributed by atoms with E-state index in [9.17, 15) is 83.1 Å². The van der Waals surface area contributed by atoms with Gasteiger partial charge in [0.1, 0.15) is 48.3 Å². The Balaban J connectivity index is 6.08. The van der Waals surface area contributed by atoms with Crippen LogP contribution in [-0.2, 0) is 57.5 Å². The molecule has 0 fully saturated rings. The lowest BCUT2D eigenvalue weighted by Gasteiger charge is -2.28. The number of carboxylic acids is 4. The Morgan fingerprint density at radius 1 is 0.477 bits per heavy atom. The molecule has 0 aliphatic heterocycles. The minimum absolute atomic E-state index is 0.0472. The van der Waals surface area contributed by atoms with Crippen LogP contribution < -0.4 is 48.3 Å². The van der Waals surface area contributed by atoms with Gasteiger partial charge >= 0.3 is 23.9 Å². The molecule has 26 nitrogen and oxygen atoms in total. The number of hydrogen-bond acceptors (Lipinski definition) is 14. The van der Waals surface area contributed by atoms with Gasteiger partial charge < -0.3 is 73.8 Å². The average Bonchev–Trinajstić information content (AvgIpc) is 3.19. The molecule has 0 aromatic rings. The second kappa shape index (κ2) is 28.4. The third-order valence-corrected chi connectivity index (χ3v) is 9.71. The van der Waals surface area contributed by atoms with Crippen molar-refractivity contribution < 1.29 is 83.1 Å². The highest BCUT2D eigenvalue weighted by atomic mass is 16.4. The molecule has 0 saturated carbocycles. The predicted octanol–water partition coefficient (Wildman–Crippen LogP) is -4.13. The number of aliphatic hydroxyl groups is 1. The quantitative estimate of drug-likeness (QED) is 0.0325. The first-order valence-corrected chi connectivity index (χ1v) is 20.7. The minimum atomic E-state index is -2.02. The van der Waals surface area contributed by atoms with Crippen LogP contribution in [0.3, 0.4) is 0 Å². The highest BCUT2D eigenvalue weighted by Gasteiger charge is 2.36. The number of nitrogens with one attached hydrogen (secondary N) is 8. The minimum Gasteiger partial charge on any atom is -0.481 e. The van der Waals surface area contributed by atoms with Crippen molar-refractivity contribution in [3.05, 3.63) is 0 Å². The van der Waals surface area contributed by atoms with Gasteiger partial charge in [-0.25, -0.2) is 4.79 Å². The molecule has 0 aromatic carbocycles. The van der Waals surface area contributed by atoms with Gasteiger partial charge in [-0.05, 0) is 44.4 Å². The molecule has 10 atom stereocenters. The van der Waals surface area contributed by atoms with Crippen molar-refractivity contribution in [2.45, 2.75) is 148 Å². The van der Waals surface area contributed by atoms with Crippen LogP contribution in [0, 0.1) is 17.8 Å². The van der Waals surface area contributed by atoms with Crippen LogP contribution in [-0.4, -0.2) is 158 Å². The number of nitrogens with two attached hydrogens (primary N) is 1. The molecule has 0 unspecified atom stereocenters. The number of carbonyl (C=O) groups is 12. The number of amides is 8. The number of hydrogen-bond donors (Lipinski definition) is 14. The van der Waals surface area contributed by atoms with Crippen LogP contribution in [0.15, 0.2) is 0 Å². The van der Waals surface area contributed by atoms with Gasteiger partial charge in [0.25, 0.3) is 0 Å². The molecular weight excluding hydrogens is 866 g/mol. The van der Waals surface area contributed by atoms with E-state index in [0.717, 1.165) is 6.92 Å². The zero-order valence-corrected chi connectivity index (χ0v) is 37.6. The fraction of sp³-hybridized carbons (Fsp3) is 0.692. The van der Waals surface area contributed by atoms with E-state index in [1.165, 1.54) is 20.8 Å². The van der Waals surface area contributed by atoms with Crippen molar-refractivity contribution in [3.8, 4) is 0 Å². The Bertz CT molecular complexity index is 1740. The van der Waals surface area contributed by atoms with Crippen molar-refractivity contribution in [2.24, 2.45) is 23.5 Å². The van der Waals surface area contributed by atoms with Gasteiger partial charge in [-0.3, -0.25) is 52.7 Å². The van der Waals surface area contributed by atoms with Crippen molar-refractivity contribution >= 4 is 71.1 Å². The molecule has 0 rings (SSSR count). The zero-order chi connectivity index (χ0) is 50.5. The lowest BCUT2D eigenvalue weighted by molar-refractivity contribution is -0.144. The monoisotopic (exact) mass is 931 g/mol. The summed E-state index contributed by atoms with van der Waals surface area (Å²) in [5, 5.41) is 65.0. The molecule has 0 bridgehead atoms. The van der Waals surface area contributed by atoms with Crippen LogP contribution in [0.1, 0.15) is 93.9 Å². The van der Waals surface area contributed by atoms with Crippen molar-refractivity contribution in [1.82, 2.24) is 42.5 Å². The Hall–Kier alpha value is -6.44. The molecule has 8 amide bonds. The Labute approximate surface area is 374 Å². The summed E-state index contributed by atoms with van der Waals surface area (Å²) in [4.78, 5) is 151. The SMILES string of the molecule is CC[C@H](C)[C@H](NC(=O)[C@H](C)NC(=O)[C@H](CC(=O)O)NC(=O)[C@H](CC(=O)O)NC(=O)[C@H](CCC(=O)O)NC(=O)[C@@H](N)CC(C)C)C(=O)N[C@@H](C)C(=O)N[C@@H](CO)C(=O)N[C@H](C(=O)O)C(C)C. The van der Waals surface area contributed by atoms with Gasteiger partial charge in [0.05, 0.1) is 25.5 Å². The summed E-state index contributed by atoms with van der Waals surface area (Å²) in [6, 6.07) is -14.0. The first-order valence-electron chi connectivity index (χ1n) is 20.7. The fourth-order valence-electron chi connectivity index (χ4n) is 5.73. The van der Waals surface area contributed by atoms with Crippen LogP contribution in [0.25, 0.3) is 0 Å². The number of aliphatic carboxylic acids is 4. The fourth-order valence-corrected chi connectivity index (χ4v) is 5.73. The number of carbonyl (C=O) groups excluding carboxylic acids is 8. The third-order valence-electron chi connectivity index (χ3n) is 9.71. The molecule has 15 N–H and O–H groups in total. The van der Waals surface area contributed by atoms with Gasteiger partial charge in [0.15, 0.2) is 0 Å². The lowest BCUT2D eigenvalue weighted by atomic mass is 9.97. The molecule has 0 spiro atoms. The maximum atomic E-state index is 13.4. The maximum Gasteiger partial charge on any atom is 0.326 e. The maximum absolute atomic E-state index is 13.4. The average molecular weight is 932 g/mol. The van der Waals surface area contributed by atoms with Gasteiger partial charge in [-0.1, -0.05) is 48.0 Å². The van der Waals surface area contributed by atoms with Gasteiger partial charge in [-0.15, -0.1) is 0 Å². The van der Waals surface area contributed by atoms with E-state index in [-0.39, 0.29) is 18.8 Å². The number of carboxylic acid groups (broad SMARTS) is 4. The molecule has 0 aliphatic rings. The summed E-state index contributed by atoms with van der Waals surface area (Å²) >= 11 is 0. The van der Waals surface area contributed by atoms with E-state index in [4.69, 9.17) is 5.73 Å². The van der Waals surface area contributed by atoms with Crippen molar-refractivity contribution in [1.29, 1.82) is 0 Å². The summed E-state index contributed by atoms with van der Waals surface area (Å²) in [6.45, 7) is 11.2. The van der Waals surface area contributed by atoms with Crippen LogP contribution in [0.4, 0.5) is 0 Å². The molecule has 368 valence electrons. The Kier molecular flexibility index (Phi) is 25.6. The topological polar surface area (TPSA) is 428 Å². The molecule has 26 heteroatoms. The largest absolute Gasteiger partial charge is 0.481 e. The summed E-state index contributed by atoms with van der Waals surface area (Å²) in [7, 11) is 0. The third kappa shape index (κ3) is 21.7. The van der Waals surface area contributed by atoms with Gasteiger partial charge in [-0.2, -0.15) is 0 Å². The van der Waals surface area contributed by atoms with E-state index >= 15 is 0 Å². The van der Waals surface area contributed by atoms with Crippen LogP contribution in [0.2, 0.25) is 0 Å². The van der Waals surface area contributed by atoms with E-state index in [2.05, 4.69) is 37.2 Å². The smallest absolute Gasteiger partial charge is 0.326 e. The van der Waals surface area contributed by atoms with E-state index < -0.39 is 170 Å². The first kappa shape index (κ1) is 58.6.